The predicted octanol–water partition coefficient (Wildman–Crippen LogP) is 1.57. The van der Waals surface area contributed by atoms with Crippen LogP contribution in [-0.2, 0) is 21.2 Å². The number of sulfonamides is 1. The molecule has 3 rings (SSSR count). The van der Waals surface area contributed by atoms with E-state index >= 15 is 0 Å². The van der Waals surface area contributed by atoms with Crippen LogP contribution in [0.4, 0.5) is 0 Å². The molecule has 3 amide bonds. The Morgan fingerprint density at radius 3 is 2.08 bits per heavy atom. The quantitative estimate of drug-likeness (QED) is 0.259. The van der Waals surface area contributed by atoms with Crippen molar-refractivity contribution in [3.8, 4) is 11.5 Å². The Morgan fingerprint density at radius 1 is 0.775 bits per heavy atom. The van der Waals surface area contributed by atoms with Crippen LogP contribution in [0.5, 0.6) is 11.5 Å². The first-order valence-electron chi connectivity index (χ1n) is 12.1. The predicted molar refractivity (Wildman–Crippen MR) is 145 cm³/mol. The summed E-state index contributed by atoms with van der Waals surface area (Å²) in [5.41, 5.74) is 1.20. The fourth-order valence-electron chi connectivity index (χ4n) is 3.50. The van der Waals surface area contributed by atoms with Gasteiger partial charge < -0.3 is 24.8 Å². The van der Waals surface area contributed by atoms with Gasteiger partial charge in [-0.3, -0.25) is 19.4 Å². The zero-order valence-corrected chi connectivity index (χ0v) is 23.0. The highest BCUT2D eigenvalue weighted by atomic mass is 32.2. The first-order chi connectivity index (χ1) is 19.2. The Kier molecular flexibility index (Phi) is 10.6. The number of hydrogen-bond acceptors (Lipinski definition) is 9. The van der Waals surface area contributed by atoms with Crippen LogP contribution < -0.4 is 24.8 Å². The molecule has 40 heavy (non-hydrogen) atoms. The molecule has 0 atom stereocenters. The smallest absolute Gasteiger partial charge is 0.269 e. The van der Waals surface area contributed by atoms with Crippen LogP contribution in [0.3, 0.4) is 0 Å². The molecule has 0 bridgehead atoms. The van der Waals surface area contributed by atoms with Crippen molar-refractivity contribution < 1.29 is 37.0 Å². The highest BCUT2D eigenvalue weighted by Crippen LogP contribution is 2.27. The Hall–Kier alpha value is -4.49. The van der Waals surface area contributed by atoms with Gasteiger partial charge in [-0.1, -0.05) is 6.07 Å². The van der Waals surface area contributed by atoms with Crippen LogP contribution >= 0.6 is 0 Å². The molecule has 0 saturated carbocycles. The number of rotatable bonds is 13. The van der Waals surface area contributed by atoms with E-state index in [2.05, 4.69) is 15.6 Å². The molecule has 0 saturated heterocycles. The minimum atomic E-state index is -4.23. The van der Waals surface area contributed by atoms with E-state index in [1.54, 1.807) is 20.3 Å². The van der Waals surface area contributed by atoms with Crippen LogP contribution in [0.25, 0.3) is 0 Å². The maximum absolute atomic E-state index is 12.7. The third kappa shape index (κ3) is 8.01. The summed E-state index contributed by atoms with van der Waals surface area (Å²) in [4.78, 5) is 40.7. The molecule has 0 unspecified atom stereocenters. The van der Waals surface area contributed by atoms with Gasteiger partial charge in [0.05, 0.1) is 31.3 Å². The largest absolute Gasteiger partial charge is 0.493 e. The molecule has 1 heterocycles. The zero-order valence-electron chi connectivity index (χ0n) is 22.2. The average Bonchev–Trinajstić information content (AvgIpc) is 2.97. The van der Waals surface area contributed by atoms with E-state index < -0.39 is 21.8 Å². The zero-order chi connectivity index (χ0) is 29.1. The third-order valence-corrected chi connectivity index (χ3v) is 7.00. The second-order valence-electron chi connectivity index (χ2n) is 8.34. The number of benzene rings is 2. The summed E-state index contributed by atoms with van der Waals surface area (Å²) < 4.78 is 42.7. The minimum Gasteiger partial charge on any atom is -0.493 e. The van der Waals surface area contributed by atoms with E-state index in [4.69, 9.17) is 14.2 Å². The second-order valence-corrected chi connectivity index (χ2v) is 10.0. The topological polar surface area (TPSA) is 162 Å². The Bertz CT molecular complexity index is 1440. The summed E-state index contributed by atoms with van der Waals surface area (Å²) >= 11 is 0. The summed E-state index contributed by atoms with van der Waals surface area (Å²) in [5, 5.41) is 5.37. The SMILES string of the molecule is COCCNC(=O)c1ccc(C(=O)NS(=O)(=O)c2ccc(C(=O)NCCc3ccc(OC)c(OC)c3)cc2)cn1. The first-order valence-corrected chi connectivity index (χ1v) is 13.6. The van der Waals surface area contributed by atoms with Gasteiger partial charge >= 0.3 is 0 Å². The van der Waals surface area contributed by atoms with Gasteiger partial charge in [0.25, 0.3) is 27.7 Å². The van der Waals surface area contributed by atoms with Crippen molar-refractivity contribution in [1.29, 1.82) is 0 Å². The molecule has 2 aromatic carbocycles. The summed E-state index contributed by atoms with van der Waals surface area (Å²) in [6.45, 7) is 0.958. The van der Waals surface area contributed by atoms with Crippen molar-refractivity contribution in [3.05, 3.63) is 83.2 Å². The molecule has 0 aliphatic carbocycles. The number of aromatic nitrogens is 1. The number of pyridine rings is 1. The molecule has 0 aliphatic heterocycles. The molecular formula is C27H30N4O8S. The van der Waals surface area contributed by atoms with Crippen molar-refractivity contribution in [1.82, 2.24) is 20.3 Å². The summed E-state index contributed by atoms with van der Waals surface area (Å²) in [5.74, 6) is -0.567. The molecule has 0 spiro atoms. The Morgan fingerprint density at radius 2 is 1.45 bits per heavy atom. The van der Waals surface area contributed by atoms with Crippen molar-refractivity contribution in [3.63, 3.8) is 0 Å². The van der Waals surface area contributed by atoms with E-state index in [0.717, 1.165) is 11.8 Å². The van der Waals surface area contributed by atoms with E-state index in [-0.39, 0.29) is 34.2 Å². The van der Waals surface area contributed by atoms with Gasteiger partial charge in [0, 0.05) is 32.0 Å². The van der Waals surface area contributed by atoms with Crippen LogP contribution in [0.15, 0.2) is 65.7 Å². The molecule has 1 aromatic heterocycles. The number of nitrogens with one attached hydrogen (secondary N) is 3. The minimum absolute atomic E-state index is 0.0532. The van der Waals surface area contributed by atoms with Crippen LogP contribution in [0, 0.1) is 0 Å². The first kappa shape index (κ1) is 30.1. The molecule has 3 N–H and O–H groups in total. The Labute approximate surface area is 232 Å². The van der Waals surface area contributed by atoms with Gasteiger partial charge in [-0.05, 0) is 60.5 Å². The molecule has 0 aliphatic rings. The molecule has 0 radical (unpaired) electrons. The number of methoxy groups -OCH3 is 3. The van der Waals surface area contributed by atoms with Gasteiger partial charge in [0.15, 0.2) is 11.5 Å². The Balaban J connectivity index is 1.55. The maximum Gasteiger partial charge on any atom is 0.269 e. The van der Waals surface area contributed by atoms with E-state index in [1.807, 2.05) is 16.9 Å². The summed E-state index contributed by atoms with van der Waals surface area (Å²) in [7, 11) is 0.362. The third-order valence-electron chi connectivity index (χ3n) is 5.65. The van der Waals surface area contributed by atoms with Crippen molar-refractivity contribution in [2.75, 3.05) is 41.0 Å². The number of carbonyl (C=O) groups is 3. The van der Waals surface area contributed by atoms with E-state index in [1.165, 1.54) is 43.5 Å². The van der Waals surface area contributed by atoms with Gasteiger partial charge in [0.2, 0.25) is 0 Å². The molecule has 3 aromatic rings. The summed E-state index contributed by atoms with van der Waals surface area (Å²) in [6, 6.07) is 13.2. The highest BCUT2D eigenvalue weighted by Gasteiger charge is 2.20. The van der Waals surface area contributed by atoms with Gasteiger partial charge in [0.1, 0.15) is 5.69 Å². The molecule has 12 nitrogen and oxygen atoms in total. The van der Waals surface area contributed by atoms with Gasteiger partial charge in [-0.25, -0.2) is 13.1 Å². The van der Waals surface area contributed by atoms with E-state index in [0.29, 0.717) is 31.1 Å². The monoisotopic (exact) mass is 570 g/mol. The number of carbonyl (C=O) groups excluding carboxylic acids is 3. The molecular weight excluding hydrogens is 540 g/mol. The fraction of sp³-hybridized carbons (Fsp3) is 0.259. The molecule has 212 valence electrons. The highest BCUT2D eigenvalue weighted by molar-refractivity contribution is 7.90. The normalized spacial score (nSPS) is 10.9. The second kappa shape index (κ2) is 14.1. The lowest BCUT2D eigenvalue weighted by molar-refractivity contribution is 0.0927. The lowest BCUT2D eigenvalue weighted by atomic mass is 10.1. The number of nitrogens with zero attached hydrogens (tertiary/aromatic N) is 1. The van der Waals surface area contributed by atoms with Crippen molar-refractivity contribution >= 4 is 27.7 Å². The van der Waals surface area contributed by atoms with Crippen LogP contribution in [0.1, 0.15) is 36.8 Å². The van der Waals surface area contributed by atoms with Crippen molar-refractivity contribution in [2.24, 2.45) is 0 Å². The summed E-state index contributed by atoms with van der Waals surface area (Å²) in [6.07, 6.45) is 1.64. The van der Waals surface area contributed by atoms with E-state index in [9.17, 15) is 22.8 Å². The average molecular weight is 571 g/mol. The van der Waals surface area contributed by atoms with Gasteiger partial charge in [-0.15, -0.1) is 0 Å². The van der Waals surface area contributed by atoms with Crippen LogP contribution in [-0.4, -0.2) is 72.1 Å². The number of amides is 3. The van der Waals surface area contributed by atoms with Gasteiger partial charge in [-0.2, -0.15) is 0 Å². The lowest BCUT2D eigenvalue weighted by Gasteiger charge is -2.10. The number of hydrogen-bond donors (Lipinski definition) is 3. The maximum atomic E-state index is 12.7. The fourth-order valence-corrected chi connectivity index (χ4v) is 4.48. The number of ether oxygens (including phenoxy) is 3. The molecule has 0 fully saturated rings. The molecule has 13 heteroatoms. The van der Waals surface area contributed by atoms with Crippen molar-refractivity contribution in [2.45, 2.75) is 11.3 Å². The van der Waals surface area contributed by atoms with Crippen LogP contribution in [0.2, 0.25) is 0 Å². The lowest BCUT2D eigenvalue weighted by Crippen LogP contribution is -2.31. The standard InChI is InChI=1S/C27H30N4O8S/c1-37-15-14-29-27(34)22-10-7-20(17-30-22)26(33)31-40(35,36)21-8-5-19(6-9-21)25(32)28-13-12-18-4-11-23(38-2)24(16-18)39-3/h4-11,16-17H,12-15H2,1-3H3,(H,28,32)(H,29,34)(H,31,33).